The number of methoxy groups -OCH3 is 1. The second kappa shape index (κ2) is 6.03. The van der Waals surface area contributed by atoms with Crippen LogP contribution in [0, 0.1) is 0 Å². The molecule has 0 saturated carbocycles. The number of carbonyl (C=O) groups is 2. The molecule has 0 aliphatic rings. The fraction of sp³-hybridized carbons (Fsp3) is 0.364. The first-order valence-electron chi connectivity index (χ1n) is 4.69. The van der Waals surface area contributed by atoms with E-state index in [1.54, 1.807) is 18.2 Å². The van der Waals surface area contributed by atoms with Crippen molar-refractivity contribution in [3.63, 3.8) is 0 Å². The van der Waals surface area contributed by atoms with Gasteiger partial charge in [-0.05, 0) is 12.1 Å². The molecular weight excluding hydrogens is 194 g/mol. The maximum Gasteiger partial charge on any atom is 0.188 e. The van der Waals surface area contributed by atoms with Crippen molar-refractivity contribution in [3.8, 4) is 0 Å². The van der Waals surface area contributed by atoms with Crippen LogP contribution in [0.15, 0.2) is 24.4 Å². The molecule has 0 aromatic carbocycles. The molecule has 4 nitrogen and oxygen atoms in total. The van der Waals surface area contributed by atoms with Crippen molar-refractivity contribution in [1.82, 2.24) is 4.98 Å². The molecule has 0 amide bonds. The third kappa shape index (κ3) is 3.99. The SMILES string of the molecule is COCCC(=O)CC(=O)c1ccccn1. The van der Waals surface area contributed by atoms with Gasteiger partial charge in [-0.2, -0.15) is 0 Å². The Kier molecular flexibility index (Phi) is 4.63. The summed E-state index contributed by atoms with van der Waals surface area (Å²) in [6.07, 6.45) is 1.71. The lowest BCUT2D eigenvalue weighted by Crippen LogP contribution is -2.11. The van der Waals surface area contributed by atoms with Gasteiger partial charge in [0.1, 0.15) is 11.5 Å². The number of hydrogen-bond donors (Lipinski definition) is 0. The van der Waals surface area contributed by atoms with E-state index in [0.29, 0.717) is 12.3 Å². The Balaban J connectivity index is 2.46. The number of ether oxygens (including phenoxy) is 1. The molecule has 0 fully saturated rings. The van der Waals surface area contributed by atoms with Gasteiger partial charge in [-0.15, -0.1) is 0 Å². The third-order valence-electron chi connectivity index (χ3n) is 1.89. The van der Waals surface area contributed by atoms with Gasteiger partial charge in [0.2, 0.25) is 0 Å². The molecule has 0 aliphatic carbocycles. The van der Waals surface area contributed by atoms with Crippen LogP contribution in [0.5, 0.6) is 0 Å². The lowest BCUT2D eigenvalue weighted by molar-refractivity contribution is -0.119. The molecule has 1 rings (SSSR count). The maximum atomic E-state index is 11.5. The van der Waals surface area contributed by atoms with E-state index in [2.05, 4.69) is 4.98 Å². The topological polar surface area (TPSA) is 56.3 Å². The van der Waals surface area contributed by atoms with Gasteiger partial charge in [0.15, 0.2) is 5.78 Å². The highest BCUT2D eigenvalue weighted by atomic mass is 16.5. The molecule has 0 unspecified atom stereocenters. The van der Waals surface area contributed by atoms with E-state index in [-0.39, 0.29) is 24.4 Å². The lowest BCUT2D eigenvalue weighted by Gasteiger charge is -1.99. The van der Waals surface area contributed by atoms with Crippen molar-refractivity contribution >= 4 is 11.6 Å². The second-order valence-corrected chi connectivity index (χ2v) is 3.10. The predicted octanol–water partition coefficient (Wildman–Crippen LogP) is 1.26. The van der Waals surface area contributed by atoms with Gasteiger partial charge in [-0.1, -0.05) is 6.07 Å². The normalized spacial score (nSPS) is 9.93. The first-order chi connectivity index (χ1) is 7.24. The largest absolute Gasteiger partial charge is 0.384 e. The zero-order valence-corrected chi connectivity index (χ0v) is 8.60. The summed E-state index contributed by atoms with van der Waals surface area (Å²) in [5.41, 5.74) is 0.336. The summed E-state index contributed by atoms with van der Waals surface area (Å²) in [6.45, 7) is 0.355. The fourth-order valence-electron chi connectivity index (χ4n) is 1.10. The number of carbonyl (C=O) groups excluding carboxylic acids is 2. The van der Waals surface area contributed by atoms with Crippen molar-refractivity contribution in [2.75, 3.05) is 13.7 Å². The van der Waals surface area contributed by atoms with E-state index in [9.17, 15) is 9.59 Å². The van der Waals surface area contributed by atoms with Crippen molar-refractivity contribution in [1.29, 1.82) is 0 Å². The molecule has 0 atom stereocenters. The Labute approximate surface area is 88.3 Å². The van der Waals surface area contributed by atoms with E-state index in [1.807, 2.05) is 0 Å². The van der Waals surface area contributed by atoms with Crippen LogP contribution in [0.4, 0.5) is 0 Å². The molecule has 1 heterocycles. The Morgan fingerprint density at radius 3 is 2.80 bits per heavy atom. The lowest BCUT2D eigenvalue weighted by atomic mass is 10.1. The molecule has 1 aromatic heterocycles. The third-order valence-corrected chi connectivity index (χ3v) is 1.89. The Morgan fingerprint density at radius 2 is 2.20 bits per heavy atom. The summed E-state index contributed by atoms with van der Waals surface area (Å²) in [4.78, 5) is 26.6. The summed E-state index contributed by atoms with van der Waals surface area (Å²) < 4.78 is 4.75. The average Bonchev–Trinajstić information content (AvgIpc) is 2.27. The monoisotopic (exact) mass is 207 g/mol. The zero-order chi connectivity index (χ0) is 11.1. The highest BCUT2D eigenvalue weighted by molar-refractivity contribution is 6.06. The molecule has 0 N–H and O–H groups in total. The van der Waals surface area contributed by atoms with E-state index in [1.165, 1.54) is 13.3 Å². The summed E-state index contributed by atoms with van der Waals surface area (Å²) in [6, 6.07) is 5.05. The number of ketones is 2. The van der Waals surface area contributed by atoms with Gasteiger partial charge < -0.3 is 4.74 Å². The minimum Gasteiger partial charge on any atom is -0.384 e. The number of rotatable bonds is 6. The molecule has 1 aromatic rings. The second-order valence-electron chi connectivity index (χ2n) is 3.10. The van der Waals surface area contributed by atoms with Crippen molar-refractivity contribution in [3.05, 3.63) is 30.1 Å². The van der Waals surface area contributed by atoms with Crippen LogP contribution in [0.25, 0.3) is 0 Å². The highest BCUT2D eigenvalue weighted by Gasteiger charge is 2.11. The maximum absolute atomic E-state index is 11.5. The fourth-order valence-corrected chi connectivity index (χ4v) is 1.10. The van der Waals surface area contributed by atoms with Gasteiger partial charge in [-0.25, -0.2) is 0 Å². The highest BCUT2D eigenvalue weighted by Crippen LogP contribution is 2.01. The molecule has 0 radical (unpaired) electrons. The van der Waals surface area contributed by atoms with Crippen molar-refractivity contribution in [2.45, 2.75) is 12.8 Å². The van der Waals surface area contributed by atoms with E-state index < -0.39 is 0 Å². The molecule has 0 bridgehead atoms. The molecule has 15 heavy (non-hydrogen) atoms. The Morgan fingerprint density at radius 1 is 1.40 bits per heavy atom. The van der Waals surface area contributed by atoms with Gasteiger partial charge in [-0.3, -0.25) is 14.6 Å². The number of aromatic nitrogens is 1. The van der Waals surface area contributed by atoms with Crippen LogP contribution in [0.1, 0.15) is 23.3 Å². The number of Topliss-reactive ketones (excluding diaryl/α,β-unsaturated/α-hetero) is 2. The van der Waals surface area contributed by atoms with Crippen LogP contribution in [0.3, 0.4) is 0 Å². The van der Waals surface area contributed by atoms with Crippen molar-refractivity contribution < 1.29 is 14.3 Å². The quantitative estimate of drug-likeness (QED) is 0.520. The van der Waals surface area contributed by atoms with Crippen LogP contribution in [-0.2, 0) is 9.53 Å². The Hall–Kier alpha value is -1.55. The molecular formula is C11H13NO3. The first-order valence-corrected chi connectivity index (χ1v) is 4.69. The van der Waals surface area contributed by atoms with Crippen LogP contribution < -0.4 is 0 Å². The average molecular weight is 207 g/mol. The molecule has 0 saturated heterocycles. The smallest absolute Gasteiger partial charge is 0.188 e. The van der Waals surface area contributed by atoms with Crippen LogP contribution >= 0.6 is 0 Å². The minimum absolute atomic E-state index is 0.0969. The first kappa shape index (κ1) is 11.5. The predicted molar refractivity (Wildman–Crippen MR) is 54.7 cm³/mol. The molecule has 80 valence electrons. The van der Waals surface area contributed by atoms with E-state index in [0.717, 1.165) is 0 Å². The van der Waals surface area contributed by atoms with Gasteiger partial charge >= 0.3 is 0 Å². The Bertz CT molecular complexity index is 335. The van der Waals surface area contributed by atoms with Gasteiger partial charge in [0.25, 0.3) is 0 Å². The zero-order valence-electron chi connectivity index (χ0n) is 8.60. The van der Waals surface area contributed by atoms with E-state index >= 15 is 0 Å². The van der Waals surface area contributed by atoms with Gasteiger partial charge in [0, 0.05) is 19.7 Å². The summed E-state index contributed by atoms with van der Waals surface area (Å²) in [5.74, 6) is -0.357. The number of hydrogen-bond acceptors (Lipinski definition) is 4. The standard InChI is InChI=1S/C11H13NO3/c1-15-7-5-9(13)8-11(14)10-4-2-3-6-12-10/h2-4,6H,5,7-8H2,1H3. The molecule has 0 spiro atoms. The van der Waals surface area contributed by atoms with Crippen LogP contribution in [-0.4, -0.2) is 30.3 Å². The minimum atomic E-state index is -0.239. The molecule has 4 heteroatoms. The summed E-state index contributed by atoms with van der Waals surface area (Å²) in [5, 5.41) is 0. The summed E-state index contributed by atoms with van der Waals surface area (Å²) in [7, 11) is 1.52. The number of nitrogens with zero attached hydrogens (tertiary/aromatic N) is 1. The van der Waals surface area contributed by atoms with Crippen molar-refractivity contribution in [2.24, 2.45) is 0 Å². The number of pyridine rings is 1. The van der Waals surface area contributed by atoms with E-state index in [4.69, 9.17) is 4.74 Å². The summed E-state index contributed by atoms with van der Waals surface area (Å²) >= 11 is 0. The van der Waals surface area contributed by atoms with Gasteiger partial charge in [0.05, 0.1) is 13.0 Å². The molecule has 0 aliphatic heterocycles. The van der Waals surface area contributed by atoms with Crippen LogP contribution in [0.2, 0.25) is 0 Å².